The molecule has 0 spiro atoms. The van der Waals surface area contributed by atoms with Crippen LogP contribution in [-0.4, -0.2) is 35.4 Å². The number of tetrazole rings is 1. The van der Waals surface area contributed by atoms with Gasteiger partial charge >= 0.3 is 5.69 Å². The normalized spacial score (nSPS) is 11.2. The molecule has 8 nitrogen and oxygen atoms in total. The highest BCUT2D eigenvalue weighted by Gasteiger charge is 2.11. The van der Waals surface area contributed by atoms with E-state index in [0.29, 0.717) is 22.7 Å². The summed E-state index contributed by atoms with van der Waals surface area (Å²) in [7, 11) is 0. The molecule has 2 heterocycles. The summed E-state index contributed by atoms with van der Waals surface area (Å²) in [5, 5.41) is 18.6. The third-order valence-electron chi connectivity index (χ3n) is 3.13. The molecular formula is C13H15N7OS. The molecule has 0 aliphatic carbocycles. The smallest absolute Gasteiger partial charge is 0.292 e. The molecule has 3 aromatic rings. The Morgan fingerprint density at radius 1 is 1.27 bits per heavy atom. The van der Waals surface area contributed by atoms with E-state index < -0.39 is 0 Å². The number of rotatable bonds is 5. The van der Waals surface area contributed by atoms with Crippen LogP contribution in [0.4, 0.5) is 0 Å². The Morgan fingerprint density at radius 3 is 2.68 bits per heavy atom. The molecule has 0 fully saturated rings. The fourth-order valence-electron chi connectivity index (χ4n) is 1.94. The third-order valence-corrected chi connectivity index (χ3v) is 4.06. The molecule has 0 radical (unpaired) electrons. The lowest BCUT2D eigenvalue weighted by Gasteiger charge is -2.07. The maximum atomic E-state index is 11.0. The predicted octanol–water partition coefficient (Wildman–Crippen LogP) is 1.49. The van der Waals surface area contributed by atoms with Gasteiger partial charge in [0, 0.05) is 0 Å². The second-order valence-corrected chi connectivity index (χ2v) is 5.98. The standard InChI is InChI=1S/C13H15N7OS/c1-8(2)9-3-5-10(6-4-9)20-13(17-18-19-20)22-7-11-14-12(21)16-15-11/h3-6,8H,7H2,1-2H3,(H2,14,15,16,21). The highest BCUT2D eigenvalue weighted by Crippen LogP contribution is 2.22. The number of nitrogens with zero attached hydrogens (tertiary/aromatic N) is 5. The first-order chi connectivity index (χ1) is 10.6. The van der Waals surface area contributed by atoms with Crippen LogP contribution in [0, 0.1) is 0 Å². The number of aromatic nitrogens is 7. The first-order valence-corrected chi connectivity index (χ1v) is 7.77. The van der Waals surface area contributed by atoms with Crippen LogP contribution in [0.3, 0.4) is 0 Å². The minimum absolute atomic E-state index is 0.320. The monoisotopic (exact) mass is 317 g/mol. The van der Waals surface area contributed by atoms with Gasteiger partial charge in [-0.1, -0.05) is 37.7 Å². The second kappa shape index (κ2) is 6.14. The van der Waals surface area contributed by atoms with Gasteiger partial charge in [0.15, 0.2) is 0 Å². The molecule has 1 aromatic carbocycles. The van der Waals surface area contributed by atoms with Crippen molar-refractivity contribution in [2.24, 2.45) is 0 Å². The zero-order valence-electron chi connectivity index (χ0n) is 12.1. The SMILES string of the molecule is CC(C)c1ccc(-n2nnnc2SCc2n[nH]c(=O)[nH]2)cc1. The molecule has 2 N–H and O–H groups in total. The zero-order chi connectivity index (χ0) is 15.5. The van der Waals surface area contributed by atoms with Crippen molar-refractivity contribution in [3.63, 3.8) is 0 Å². The first-order valence-electron chi connectivity index (χ1n) is 6.78. The Hall–Kier alpha value is -2.42. The van der Waals surface area contributed by atoms with Gasteiger partial charge in [0.25, 0.3) is 0 Å². The average Bonchev–Trinajstić information content (AvgIpc) is 3.14. The molecule has 3 rings (SSSR count). The van der Waals surface area contributed by atoms with Crippen LogP contribution >= 0.6 is 11.8 Å². The Labute approximate surface area is 130 Å². The summed E-state index contributed by atoms with van der Waals surface area (Å²) in [5.41, 5.74) is 1.84. The van der Waals surface area contributed by atoms with Gasteiger partial charge in [-0.15, -0.1) is 5.10 Å². The summed E-state index contributed by atoms with van der Waals surface area (Å²) in [5.74, 6) is 1.51. The van der Waals surface area contributed by atoms with Gasteiger partial charge in [-0.05, 0) is 34.0 Å². The molecule has 0 atom stereocenters. The van der Waals surface area contributed by atoms with Crippen molar-refractivity contribution in [1.29, 1.82) is 0 Å². The van der Waals surface area contributed by atoms with E-state index in [2.05, 4.69) is 56.7 Å². The molecule has 0 aliphatic heterocycles. The van der Waals surface area contributed by atoms with Crippen molar-refractivity contribution in [3.05, 3.63) is 46.1 Å². The number of aromatic amines is 2. The Balaban J connectivity index is 1.77. The van der Waals surface area contributed by atoms with Crippen LogP contribution in [0.5, 0.6) is 0 Å². The lowest BCUT2D eigenvalue weighted by Crippen LogP contribution is -2.01. The lowest BCUT2D eigenvalue weighted by molar-refractivity contribution is 0.754. The highest BCUT2D eigenvalue weighted by molar-refractivity contribution is 7.98. The van der Waals surface area contributed by atoms with E-state index in [1.165, 1.54) is 17.3 Å². The van der Waals surface area contributed by atoms with Gasteiger partial charge in [-0.2, -0.15) is 9.78 Å². The van der Waals surface area contributed by atoms with Gasteiger partial charge in [0.05, 0.1) is 11.4 Å². The van der Waals surface area contributed by atoms with Crippen molar-refractivity contribution in [1.82, 2.24) is 35.4 Å². The number of nitrogens with one attached hydrogen (secondary N) is 2. The summed E-state index contributed by atoms with van der Waals surface area (Å²) in [6.07, 6.45) is 0. The molecule has 22 heavy (non-hydrogen) atoms. The molecular weight excluding hydrogens is 302 g/mol. The maximum Gasteiger partial charge on any atom is 0.340 e. The molecule has 2 aromatic heterocycles. The topological polar surface area (TPSA) is 105 Å². The van der Waals surface area contributed by atoms with Crippen molar-refractivity contribution in [3.8, 4) is 5.69 Å². The summed E-state index contributed by atoms with van der Waals surface area (Å²) >= 11 is 1.40. The van der Waals surface area contributed by atoms with Crippen LogP contribution < -0.4 is 5.69 Å². The molecule has 114 valence electrons. The number of benzene rings is 1. The fourth-order valence-corrected chi connectivity index (χ4v) is 2.70. The van der Waals surface area contributed by atoms with Gasteiger partial charge in [0.2, 0.25) is 5.16 Å². The van der Waals surface area contributed by atoms with Gasteiger partial charge in [-0.3, -0.25) is 4.98 Å². The van der Waals surface area contributed by atoms with Crippen LogP contribution in [0.15, 0.2) is 34.2 Å². The maximum absolute atomic E-state index is 11.0. The summed E-state index contributed by atoms with van der Waals surface area (Å²) < 4.78 is 1.67. The van der Waals surface area contributed by atoms with Crippen molar-refractivity contribution in [2.75, 3.05) is 0 Å². The summed E-state index contributed by atoms with van der Waals surface area (Å²) in [4.78, 5) is 13.6. The number of hydrogen-bond donors (Lipinski definition) is 2. The van der Waals surface area contributed by atoms with Crippen LogP contribution in [-0.2, 0) is 5.75 Å². The van der Waals surface area contributed by atoms with Crippen LogP contribution in [0.25, 0.3) is 5.69 Å². The minimum atomic E-state index is -0.320. The first kappa shape index (κ1) is 14.5. The van der Waals surface area contributed by atoms with Gasteiger partial charge in [-0.25, -0.2) is 9.89 Å². The Kier molecular flexibility index (Phi) is 4.05. The molecule has 0 unspecified atom stereocenters. The van der Waals surface area contributed by atoms with Crippen molar-refractivity contribution in [2.45, 2.75) is 30.7 Å². The quantitative estimate of drug-likeness (QED) is 0.691. The number of H-pyrrole nitrogens is 2. The largest absolute Gasteiger partial charge is 0.340 e. The molecule has 0 saturated heterocycles. The summed E-state index contributed by atoms with van der Waals surface area (Å²) in [6, 6.07) is 8.13. The number of thioether (sulfide) groups is 1. The lowest BCUT2D eigenvalue weighted by atomic mass is 10.0. The molecule has 0 aliphatic rings. The molecule has 9 heteroatoms. The second-order valence-electron chi connectivity index (χ2n) is 5.03. The summed E-state index contributed by atoms with van der Waals surface area (Å²) in [6.45, 7) is 4.30. The molecule has 0 bridgehead atoms. The molecule has 0 amide bonds. The zero-order valence-corrected chi connectivity index (χ0v) is 13.0. The van der Waals surface area contributed by atoms with Gasteiger partial charge in [0.1, 0.15) is 5.82 Å². The average molecular weight is 317 g/mol. The fraction of sp³-hybridized carbons (Fsp3) is 0.308. The van der Waals surface area contributed by atoms with E-state index in [-0.39, 0.29) is 5.69 Å². The predicted molar refractivity (Wildman–Crippen MR) is 82.0 cm³/mol. The Morgan fingerprint density at radius 2 is 2.05 bits per heavy atom. The van der Waals surface area contributed by atoms with E-state index in [0.717, 1.165) is 5.69 Å². The van der Waals surface area contributed by atoms with Crippen LogP contribution in [0.2, 0.25) is 0 Å². The van der Waals surface area contributed by atoms with Crippen molar-refractivity contribution >= 4 is 11.8 Å². The van der Waals surface area contributed by atoms with Crippen molar-refractivity contribution < 1.29 is 0 Å². The van der Waals surface area contributed by atoms with E-state index in [4.69, 9.17) is 0 Å². The van der Waals surface area contributed by atoms with Crippen LogP contribution in [0.1, 0.15) is 31.2 Å². The Bertz CT molecular complexity index is 802. The highest BCUT2D eigenvalue weighted by atomic mass is 32.2. The molecule has 0 saturated carbocycles. The van der Waals surface area contributed by atoms with E-state index in [9.17, 15) is 4.79 Å². The number of hydrogen-bond acceptors (Lipinski definition) is 6. The van der Waals surface area contributed by atoms with E-state index in [1.807, 2.05) is 12.1 Å². The minimum Gasteiger partial charge on any atom is -0.292 e. The van der Waals surface area contributed by atoms with E-state index in [1.54, 1.807) is 4.68 Å². The van der Waals surface area contributed by atoms with Gasteiger partial charge < -0.3 is 0 Å². The third kappa shape index (κ3) is 3.08. The van der Waals surface area contributed by atoms with E-state index >= 15 is 0 Å².